The van der Waals surface area contributed by atoms with Crippen LogP contribution >= 0.6 is 0 Å². The summed E-state index contributed by atoms with van der Waals surface area (Å²) in [5, 5.41) is 9.68. The first-order valence-corrected chi connectivity index (χ1v) is 27.4. The maximum atomic E-state index is 12.9. The molecule has 1 N–H and O–H groups in total. The molecule has 0 aromatic carbocycles. The number of quaternary nitrogens is 1. The number of carbonyl (C=O) groups is 3. The number of carboxylic acid groups (broad SMARTS) is 1. The number of carboxylic acids is 1. The number of esters is 2. The van der Waals surface area contributed by atoms with E-state index in [1.807, 2.05) is 21.1 Å². The number of aliphatic carboxylic acids is 1. The number of nitrogens with zero attached hydrogens (tertiary/aromatic N) is 1. The highest BCUT2D eigenvalue weighted by molar-refractivity contribution is 5.71. The predicted octanol–water partition coefficient (Wildman–Crippen LogP) is 15.8. The summed E-state index contributed by atoms with van der Waals surface area (Å²) >= 11 is 0. The van der Waals surface area contributed by atoms with Gasteiger partial charge >= 0.3 is 17.9 Å². The van der Waals surface area contributed by atoms with E-state index in [1.54, 1.807) is 0 Å². The molecule has 2 atom stereocenters. The summed E-state index contributed by atoms with van der Waals surface area (Å²) in [6.07, 6.45) is 64.8. The van der Waals surface area contributed by atoms with Gasteiger partial charge in [-0.05, 0) is 89.9 Å². The molecule has 9 heteroatoms. The van der Waals surface area contributed by atoms with Crippen LogP contribution in [0.15, 0.2) is 97.2 Å². The third kappa shape index (κ3) is 51.9. The fourth-order valence-corrected chi connectivity index (χ4v) is 7.17. The zero-order valence-corrected chi connectivity index (χ0v) is 44.7. The highest BCUT2D eigenvalue weighted by atomic mass is 16.7. The zero-order valence-electron chi connectivity index (χ0n) is 44.7. The average Bonchev–Trinajstić information content (AvgIpc) is 3.31. The Morgan fingerprint density at radius 3 is 1.16 bits per heavy atom. The predicted molar refractivity (Wildman–Crippen MR) is 290 cm³/mol. The van der Waals surface area contributed by atoms with Crippen LogP contribution in [-0.4, -0.2) is 87.4 Å². The van der Waals surface area contributed by atoms with E-state index in [1.165, 1.54) is 64.2 Å². The molecule has 0 saturated heterocycles. The molecule has 0 fully saturated rings. The first-order valence-electron chi connectivity index (χ1n) is 27.4. The molecule has 0 aliphatic carbocycles. The molecule has 0 amide bonds. The van der Waals surface area contributed by atoms with Crippen LogP contribution < -0.4 is 0 Å². The topological polar surface area (TPSA) is 108 Å². The van der Waals surface area contributed by atoms with Crippen LogP contribution in [0.3, 0.4) is 0 Å². The molecule has 0 aliphatic rings. The SMILES string of the molecule is CC/C=C\C/C=C\C/C=C\C/C=C\C/C=C\CCCCCCCCCCCCCCCC(=O)OC(COC(=O)CCCCCCC/C=C\C/C=C\C/C=C\CC)COC(OCC[N+](C)(C)C)C(=O)O. The van der Waals surface area contributed by atoms with Gasteiger partial charge in [-0.1, -0.05) is 201 Å². The van der Waals surface area contributed by atoms with E-state index in [0.29, 0.717) is 17.4 Å². The van der Waals surface area contributed by atoms with Crippen molar-refractivity contribution in [2.75, 3.05) is 47.5 Å². The van der Waals surface area contributed by atoms with Gasteiger partial charge in [0.1, 0.15) is 13.2 Å². The van der Waals surface area contributed by atoms with Gasteiger partial charge in [0.25, 0.3) is 6.29 Å². The van der Waals surface area contributed by atoms with Crippen molar-refractivity contribution in [2.24, 2.45) is 0 Å². The Bertz CT molecular complexity index is 1450. The van der Waals surface area contributed by atoms with E-state index in [2.05, 4.69) is 111 Å². The smallest absolute Gasteiger partial charge is 0.361 e. The van der Waals surface area contributed by atoms with Crippen molar-refractivity contribution >= 4 is 17.9 Å². The Balaban J connectivity index is 4.24. The molecule has 0 spiro atoms. The van der Waals surface area contributed by atoms with Crippen molar-refractivity contribution in [2.45, 2.75) is 219 Å². The summed E-state index contributed by atoms with van der Waals surface area (Å²) in [7, 11) is 5.95. The van der Waals surface area contributed by atoms with Gasteiger partial charge in [-0.2, -0.15) is 0 Å². The number of rotatable bonds is 49. The van der Waals surface area contributed by atoms with Gasteiger partial charge in [-0.3, -0.25) is 9.59 Å². The largest absolute Gasteiger partial charge is 0.477 e. The molecule has 2 unspecified atom stereocenters. The van der Waals surface area contributed by atoms with Gasteiger partial charge in [0.05, 0.1) is 34.4 Å². The Kier molecular flexibility index (Phi) is 47.8. The normalized spacial score (nSPS) is 13.6. The van der Waals surface area contributed by atoms with E-state index < -0.39 is 24.3 Å². The molecular formula is C60H102NO8+. The lowest BCUT2D eigenvalue weighted by Gasteiger charge is -2.25. The molecule has 0 aromatic heterocycles. The summed E-state index contributed by atoms with van der Waals surface area (Å²) in [6.45, 7) is 4.62. The minimum Gasteiger partial charge on any atom is -0.477 e. The number of hydrogen-bond donors (Lipinski definition) is 1. The Morgan fingerprint density at radius 2 is 0.783 bits per heavy atom. The standard InChI is InChI=1S/C60H101NO8/c1-6-8-10-12-14-16-18-20-22-23-24-25-26-27-28-29-30-31-32-33-34-35-37-39-41-43-45-47-49-51-58(63)69-56(55-68-60(59(64)65)66-53-52-61(3,4)5)54-67-57(62)50-48-46-44-42-40-38-36-21-19-17-15-13-11-9-7-2/h8-11,14-17,20-22,24-25,27-28,36,56,60H,6-7,12-13,18-19,23,26,29-35,37-55H2,1-5H3/p+1/b10-8-,11-9-,16-14-,17-15-,22-20-,25-24-,28-27-,36-21-. The van der Waals surface area contributed by atoms with Crippen LogP contribution in [-0.2, 0) is 33.3 Å². The van der Waals surface area contributed by atoms with Gasteiger partial charge in [0.2, 0.25) is 0 Å². The molecule has 0 saturated carbocycles. The Hall–Kier alpha value is -3.79. The van der Waals surface area contributed by atoms with Crippen molar-refractivity contribution in [1.82, 2.24) is 0 Å². The molecule has 0 rings (SSSR count). The second-order valence-corrected chi connectivity index (χ2v) is 19.1. The second-order valence-electron chi connectivity index (χ2n) is 19.1. The Labute approximate surface area is 422 Å². The zero-order chi connectivity index (χ0) is 50.6. The monoisotopic (exact) mass is 965 g/mol. The average molecular weight is 965 g/mol. The van der Waals surface area contributed by atoms with Crippen molar-refractivity contribution < 1.29 is 42.9 Å². The van der Waals surface area contributed by atoms with Crippen LogP contribution in [0.1, 0.15) is 206 Å². The number of hydrogen-bond acceptors (Lipinski definition) is 7. The number of likely N-dealkylation sites (N-methyl/N-ethyl adjacent to an activating group) is 1. The Morgan fingerprint density at radius 1 is 0.435 bits per heavy atom. The van der Waals surface area contributed by atoms with Crippen molar-refractivity contribution in [3.05, 3.63) is 97.2 Å². The molecule has 0 aromatic rings. The highest BCUT2D eigenvalue weighted by Crippen LogP contribution is 2.15. The fraction of sp³-hybridized carbons (Fsp3) is 0.683. The van der Waals surface area contributed by atoms with Gasteiger partial charge in [0, 0.05) is 12.8 Å². The third-order valence-corrected chi connectivity index (χ3v) is 11.3. The van der Waals surface area contributed by atoms with E-state index in [-0.39, 0.29) is 38.6 Å². The minimum absolute atomic E-state index is 0.180. The quantitative estimate of drug-likeness (QED) is 0.0211. The molecule has 9 nitrogen and oxygen atoms in total. The molecule has 0 heterocycles. The van der Waals surface area contributed by atoms with Crippen LogP contribution in [0.5, 0.6) is 0 Å². The number of unbranched alkanes of at least 4 members (excludes halogenated alkanes) is 18. The molecule has 0 bridgehead atoms. The van der Waals surface area contributed by atoms with Gasteiger partial charge in [0.15, 0.2) is 6.10 Å². The lowest BCUT2D eigenvalue weighted by Crippen LogP contribution is -2.40. The lowest BCUT2D eigenvalue weighted by molar-refractivity contribution is -0.870. The van der Waals surface area contributed by atoms with Gasteiger partial charge in [-0.25, -0.2) is 4.79 Å². The summed E-state index contributed by atoms with van der Waals surface area (Å²) in [5.41, 5.74) is 0. The molecule has 394 valence electrons. The van der Waals surface area contributed by atoms with Crippen molar-refractivity contribution in [3.8, 4) is 0 Å². The summed E-state index contributed by atoms with van der Waals surface area (Å²) < 4.78 is 22.8. The molecular weight excluding hydrogens is 863 g/mol. The lowest BCUT2D eigenvalue weighted by atomic mass is 10.0. The van der Waals surface area contributed by atoms with Crippen molar-refractivity contribution in [3.63, 3.8) is 0 Å². The van der Waals surface area contributed by atoms with E-state index >= 15 is 0 Å². The van der Waals surface area contributed by atoms with Crippen LogP contribution in [0, 0.1) is 0 Å². The fourth-order valence-electron chi connectivity index (χ4n) is 7.17. The second kappa shape index (κ2) is 50.6. The van der Waals surface area contributed by atoms with Crippen LogP contribution in [0.2, 0.25) is 0 Å². The summed E-state index contributed by atoms with van der Waals surface area (Å²) in [4.78, 5) is 37.3. The first-order chi connectivity index (χ1) is 33.6. The minimum atomic E-state index is -1.52. The maximum Gasteiger partial charge on any atom is 0.361 e. The van der Waals surface area contributed by atoms with E-state index in [9.17, 15) is 19.5 Å². The van der Waals surface area contributed by atoms with Gasteiger partial charge < -0.3 is 28.5 Å². The van der Waals surface area contributed by atoms with Gasteiger partial charge in [-0.15, -0.1) is 0 Å². The summed E-state index contributed by atoms with van der Waals surface area (Å²) in [5.74, 6) is -2.04. The van der Waals surface area contributed by atoms with Crippen LogP contribution in [0.25, 0.3) is 0 Å². The van der Waals surface area contributed by atoms with Crippen LogP contribution in [0.4, 0.5) is 0 Å². The number of ether oxygens (including phenoxy) is 4. The maximum absolute atomic E-state index is 12.9. The molecule has 0 aliphatic heterocycles. The van der Waals surface area contributed by atoms with Crippen molar-refractivity contribution in [1.29, 1.82) is 0 Å². The third-order valence-electron chi connectivity index (χ3n) is 11.3. The summed E-state index contributed by atoms with van der Waals surface area (Å²) in [6, 6.07) is 0. The van der Waals surface area contributed by atoms with E-state index in [0.717, 1.165) is 109 Å². The molecule has 69 heavy (non-hydrogen) atoms. The number of carbonyl (C=O) groups excluding carboxylic acids is 2. The molecule has 0 radical (unpaired) electrons. The highest BCUT2D eigenvalue weighted by Gasteiger charge is 2.25. The van der Waals surface area contributed by atoms with E-state index in [4.69, 9.17) is 18.9 Å². The number of allylic oxidation sites excluding steroid dienone is 16. The first kappa shape index (κ1) is 65.2.